The van der Waals surface area contributed by atoms with E-state index in [-0.39, 0.29) is 34.4 Å². The molecule has 7 atom stereocenters. The summed E-state index contributed by atoms with van der Waals surface area (Å²) >= 11 is 11.4. The van der Waals surface area contributed by atoms with Crippen molar-refractivity contribution in [2.45, 2.75) is 40.3 Å². The molecule has 3 aromatic carbocycles. The molecule has 3 heterocycles. The van der Waals surface area contributed by atoms with E-state index in [0.29, 0.717) is 40.7 Å². The molecule has 6 rings (SSSR count). The number of halogens is 2. The van der Waals surface area contributed by atoms with Gasteiger partial charge in [0.2, 0.25) is 17.7 Å². The standard InChI is InChI=1S/C32H31BrClN3O5S/c1-2-42-22-14-12-21(13-15-22)35-29(39)25-26-31(41)37(24(17-38)18-6-4-3-5-7-18)28(32(26)16-23(33)27(25)43-32)30(40)36-20-10-8-19(34)9-11-20/h3-15,23-28,38H,2,16-17H2,1H3,(H,35,39)(H,36,40)/t23?,24-,25-,26+,27-,28?,32?/m1/s1. The third-order valence-corrected chi connectivity index (χ3v) is 12.0. The van der Waals surface area contributed by atoms with Crippen molar-refractivity contribution in [1.82, 2.24) is 4.90 Å². The molecule has 0 saturated carbocycles. The predicted molar refractivity (Wildman–Crippen MR) is 172 cm³/mol. The number of likely N-dealkylation sites (tertiary alicyclic amines) is 1. The predicted octanol–water partition coefficient (Wildman–Crippen LogP) is 5.51. The Bertz CT molecular complexity index is 1510. The molecule has 8 nitrogen and oxygen atoms in total. The fraction of sp³-hybridized carbons (Fsp3) is 0.344. The van der Waals surface area contributed by atoms with Crippen molar-refractivity contribution in [3.05, 3.63) is 89.4 Å². The number of fused-ring (bicyclic) bond motifs is 1. The molecule has 3 aromatic rings. The Hall–Kier alpha value is -3.05. The van der Waals surface area contributed by atoms with Crippen LogP contribution >= 0.6 is 39.3 Å². The number of carbonyl (C=O) groups excluding carboxylic acids is 3. The topological polar surface area (TPSA) is 108 Å². The third kappa shape index (κ3) is 5.32. The van der Waals surface area contributed by atoms with Gasteiger partial charge in [-0.25, -0.2) is 0 Å². The van der Waals surface area contributed by atoms with Crippen molar-refractivity contribution >= 4 is 68.4 Å². The Morgan fingerprint density at radius 2 is 1.67 bits per heavy atom. The van der Waals surface area contributed by atoms with Gasteiger partial charge in [0.1, 0.15) is 11.8 Å². The van der Waals surface area contributed by atoms with E-state index in [4.69, 9.17) is 16.3 Å². The number of nitrogens with zero attached hydrogens (tertiary/aromatic N) is 1. The molecule has 1 spiro atoms. The van der Waals surface area contributed by atoms with Gasteiger partial charge in [-0.3, -0.25) is 14.4 Å². The maximum Gasteiger partial charge on any atom is 0.248 e. The molecule has 3 saturated heterocycles. The van der Waals surface area contributed by atoms with E-state index in [1.54, 1.807) is 48.5 Å². The highest BCUT2D eigenvalue weighted by Gasteiger charge is 2.76. The minimum absolute atomic E-state index is 0.0901. The van der Waals surface area contributed by atoms with Gasteiger partial charge in [0.15, 0.2) is 0 Å². The van der Waals surface area contributed by atoms with Crippen LogP contribution in [0.15, 0.2) is 78.9 Å². The third-order valence-electron chi connectivity index (χ3n) is 8.52. The molecule has 3 amide bonds. The highest BCUT2D eigenvalue weighted by molar-refractivity contribution is 9.09. The first-order valence-corrected chi connectivity index (χ1v) is 16.3. The SMILES string of the molecule is CCOc1ccc(NC(=O)[C@H]2[C@@H]3SC4(CC3Br)C(C(=O)Nc3ccc(Cl)cc3)N([C@H](CO)c3ccccc3)C(=O)[C@H]24)cc1. The first-order valence-electron chi connectivity index (χ1n) is 14.2. The molecule has 0 radical (unpaired) electrons. The number of rotatable bonds is 9. The van der Waals surface area contributed by atoms with E-state index in [9.17, 15) is 19.5 Å². The van der Waals surface area contributed by atoms with Crippen LogP contribution in [0.5, 0.6) is 5.75 Å². The number of carbonyl (C=O) groups is 3. The monoisotopic (exact) mass is 683 g/mol. The summed E-state index contributed by atoms with van der Waals surface area (Å²) in [6, 6.07) is 21.4. The van der Waals surface area contributed by atoms with Crippen LogP contribution in [0.4, 0.5) is 11.4 Å². The van der Waals surface area contributed by atoms with Crippen LogP contribution < -0.4 is 15.4 Å². The number of hydrogen-bond acceptors (Lipinski definition) is 6. The molecular weight excluding hydrogens is 654 g/mol. The Morgan fingerprint density at radius 3 is 2.30 bits per heavy atom. The summed E-state index contributed by atoms with van der Waals surface area (Å²) < 4.78 is 4.64. The van der Waals surface area contributed by atoms with Gasteiger partial charge in [0.05, 0.1) is 35.8 Å². The number of aliphatic hydroxyl groups is 1. The zero-order chi connectivity index (χ0) is 30.3. The maximum atomic E-state index is 14.5. The highest BCUT2D eigenvalue weighted by atomic mass is 79.9. The number of ether oxygens (including phenoxy) is 1. The van der Waals surface area contributed by atoms with Crippen LogP contribution in [0.25, 0.3) is 0 Å². The van der Waals surface area contributed by atoms with Crippen LogP contribution in [0, 0.1) is 11.8 Å². The molecule has 3 aliphatic rings. The second-order valence-corrected chi connectivity index (χ2v) is 14.1. The Balaban J connectivity index is 1.37. The fourth-order valence-electron chi connectivity index (χ4n) is 6.80. The molecule has 11 heteroatoms. The molecule has 2 bridgehead atoms. The number of aliphatic hydroxyl groups excluding tert-OH is 1. The zero-order valence-electron chi connectivity index (χ0n) is 23.3. The number of nitrogens with one attached hydrogen (secondary N) is 2. The lowest BCUT2D eigenvalue weighted by molar-refractivity contribution is -0.141. The number of benzene rings is 3. The molecular formula is C32H31BrClN3O5S. The zero-order valence-corrected chi connectivity index (χ0v) is 26.4. The van der Waals surface area contributed by atoms with Gasteiger partial charge in [-0.15, -0.1) is 11.8 Å². The number of thioether (sulfide) groups is 1. The number of alkyl halides is 1. The summed E-state index contributed by atoms with van der Waals surface area (Å²) in [6.07, 6.45) is 0.522. The van der Waals surface area contributed by atoms with Gasteiger partial charge >= 0.3 is 0 Å². The molecule has 0 aliphatic carbocycles. The van der Waals surface area contributed by atoms with E-state index in [1.807, 2.05) is 37.3 Å². The van der Waals surface area contributed by atoms with E-state index < -0.39 is 28.7 Å². The lowest BCUT2D eigenvalue weighted by atomic mass is 9.70. The lowest BCUT2D eigenvalue weighted by Crippen LogP contribution is -2.53. The summed E-state index contributed by atoms with van der Waals surface area (Å²) in [6.45, 7) is 2.06. The minimum Gasteiger partial charge on any atom is -0.494 e. The fourth-order valence-corrected chi connectivity index (χ4v) is 10.5. The largest absolute Gasteiger partial charge is 0.494 e. The number of anilines is 2. The van der Waals surface area contributed by atoms with Crippen LogP contribution in [-0.4, -0.2) is 61.8 Å². The molecule has 3 unspecified atom stereocenters. The summed E-state index contributed by atoms with van der Waals surface area (Å²) in [5.41, 5.74) is 1.85. The van der Waals surface area contributed by atoms with E-state index in [2.05, 4.69) is 26.6 Å². The van der Waals surface area contributed by atoms with Crippen LogP contribution in [0.3, 0.4) is 0 Å². The molecule has 224 valence electrons. The maximum absolute atomic E-state index is 14.5. The Kier molecular flexibility index (Phi) is 8.48. The van der Waals surface area contributed by atoms with Gasteiger partial charge in [-0.1, -0.05) is 57.9 Å². The van der Waals surface area contributed by atoms with Gasteiger partial charge in [0.25, 0.3) is 0 Å². The van der Waals surface area contributed by atoms with Gasteiger partial charge in [-0.05, 0) is 67.4 Å². The van der Waals surface area contributed by atoms with Crippen molar-refractivity contribution in [2.24, 2.45) is 11.8 Å². The van der Waals surface area contributed by atoms with Gasteiger partial charge in [-0.2, -0.15) is 0 Å². The number of amides is 3. The Labute approximate surface area is 267 Å². The molecule has 3 fully saturated rings. The highest BCUT2D eigenvalue weighted by Crippen LogP contribution is 2.68. The molecule has 0 aromatic heterocycles. The van der Waals surface area contributed by atoms with Crippen LogP contribution in [0.1, 0.15) is 24.9 Å². The molecule has 43 heavy (non-hydrogen) atoms. The average Bonchev–Trinajstić information content (AvgIpc) is 3.60. The second kappa shape index (κ2) is 12.1. The minimum atomic E-state index is -0.934. The normalized spacial score (nSPS) is 28.0. The Morgan fingerprint density at radius 1 is 1.05 bits per heavy atom. The smallest absolute Gasteiger partial charge is 0.248 e. The average molecular weight is 685 g/mol. The van der Waals surface area contributed by atoms with Crippen molar-refractivity contribution in [1.29, 1.82) is 0 Å². The second-order valence-electron chi connectivity index (χ2n) is 11.0. The summed E-state index contributed by atoms with van der Waals surface area (Å²) in [5.74, 6) is -1.69. The first kappa shape index (κ1) is 30.0. The van der Waals surface area contributed by atoms with Crippen molar-refractivity contribution < 1.29 is 24.2 Å². The van der Waals surface area contributed by atoms with Gasteiger partial charge < -0.3 is 25.4 Å². The van der Waals surface area contributed by atoms with E-state index in [0.717, 1.165) is 0 Å². The number of hydrogen-bond donors (Lipinski definition) is 3. The van der Waals surface area contributed by atoms with Crippen LogP contribution in [0.2, 0.25) is 5.02 Å². The molecule has 3 aliphatic heterocycles. The van der Waals surface area contributed by atoms with Gasteiger partial charge in [0, 0.05) is 26.5 Å². The molecule has 3 N–H and O–H groups in total. The van der Waals surface area contributed by atoms with Crippen molar-refractivity contribution in [2.75, 3.05) is 23.8 Å². The van der Waals surface area contributed by atoms with E-state index in [1.165, 1.54) is 16.7 Å². The summed E-state index contributed by atoms with van der Waals surface area (Å²) in [5, 5.41) is 17.0. The van der Waals surface area contributed by atoms with Crippen LogP contribution in [-0.2, 0) is 14.4 Å². The summed E-state index contributed by atoms with van der Waals surface area (Å²) in [7, 11) is 0. The van der Waals surface area contributed by atoms with E-state index >= 15 is 0 Å². The first-order chi connectivity index (χ1) is 20.8. The van der Waals surface area contributed by atoms with Crippen molar-refractivity contribution in [3.8, 4) is 5.75 Å². The summed E-state index contributed by atoms with van der Waals surface area (Å²) in [4.78, 5) is 44.2. The quantitative estimate of drug-likeness (QED) is 0.257. The lowest BCUT2D eigenvalue weighted by Gasteiger charge is -2.37. The van der Waals surface area contributed by atoms with Crippen molar-refractivity contribution in [3.63, 3.8) is 0 Å².